The van der Waals surface area contributed by atoms with E-state index in [2.05, 4.69) is 52.2 Å². The largest absolute Gasteiger partial charge is 0.506 e. The van der Waals surface area contributed by atoms with E-state index in [-0.39, 0.29) is 64.6 Å². The van der Waals surface area contributed by atoms with Gasteiger partial charge in [-0.15, -0.1) is 0 Å². The van der Waals surface area contributed by atoms with Gasteiger partial charge < -0.3 is 62.0 Å². The highest BCUT2D eigenvalue weighted by Gasteiger charge is 2.38. The van der Waals surface area contributed by atoms with E-state index in [0.717, 1.165) is 47.6 Å². The zero-order chi connectivity index (χ0) is 54.2. The Morgan fingerprint density at radius 1 is 0.750 bits per heavy atom. The first kappa shape index (κ1) is 54.5. The van der Waals surface area contributed by atoms with Crippen LogP contribution in [0, 0.1) is 0 Å². The number of nitrogens with zero attached hydrogens (tertiary/aromatic N) is 3. The lowest BCUT2D eigenvalue weighted by molar-refractivity contribution is -0.192. The molecule has 76 heavy (non-hydrogen) atoms. The molecule has 0 fully saturated rings. The van der Waals surface area contributed by atoms with Crippen molar-refractivity contribution in [3.05, 3.63) is 154 Å². The van der Waals surface area contributed by atoms with Crippen LogP contribution in [0.4, 0.5) is 51.2 Å². The number of carbonyl (C=O) groups is 5. The number of amides is 5. The standard InChI is InChI=1S/C50H48N10O8S.C2HF3O2/c1-2-67-48(64)42-43(62)41(69-47(42)56-34-7-4-3-5-8-34)26-30-9-18-40(39(61)25-30)68-24-6-19-55-46(63)33-27-37(59-49(65)57-35-14-10-31(11-15-35)44-51-20-21-52-44)29-38(28-33)60-50(66)58-36-16-12-32(13-17-36)45-53-22-23-54-45;3-2(4,5)1(6)7/h3-5,7-18,25-29,61-62H,2,6,19-24H2,1H3,(H,51,52)(H,53,54)(H,55,63)(H2,57,59,65)(H2,58,60,66);(H,6,7)/b41-26-,56-47?;. The maximum absolute atomic E-state index is 13.5. The number of aliphatic hydroxyl groups excluding tert-OH is 1. The van der Waals surface area contributed by atoms with Crippen LogP contribution in [-0.2, 0) is 14.3 Å². The predicted molar refractivity (Wildman–Crippen MR) is 283 cm³/mol. The fourth-order valence-electron chi connectivity index (χ4n) is 7.16. The first-order chi connectivity index (χ1) is 36.5. The number of hydrogen-bond acceptors (Lipinski definition) is 15. The lowest BCUT2D eigenvalue weighted by atomic mass is 10.1. The number of benzene rings is 5. The van der Waals surface area contributed by atoms with Crippen molar-refractivity contribution in [2.75, 3.05) is 67.2 Å². The molecular weight excluding hydrogens is 1010 g/mol. The van der Waals surface area contributed by atoms with Gasteiger partial charge in [-0.2, -0.15) is 13.2 Å². The number of hydrogen-bond donors (Lipinski definition) is 10. The van der Waals surface area contributed by atoms with Gasteiger partial charge in [-0.25, -0.2) is 24.2 Å². The van der Waals surface area contributed by atoms with Crippen LogP contribution >= 0.6 is 11.8 Å². The van der Waals surface area contributed by atoms with E-state index >= 15 is 0 Å². The second-order valence-electron chi connectivity index (χ2n) is 16.2. The van der Waals surface area contributed by atoms with Gasteiger partial charge in [0.05, 0.1) is 36.9 Å². The number of urea groups is 2. The fraction of sp³-hybridized carbons (Fsp3) is 0.192. The number of alkyl halides is 3. The highest BCUT2D eigenvalue weighted by Crippen LogP contribution is 2.41. The summed E-state index contributed by atoms with van der Waals surface area (Å²) in [6, 6.07) is 31.5. The third-order valence-electron chi connectivity index (χ3n) is 10.6. The molecule has 3 heterocycles. The molecule has 0 bridgehead atoms. The van der Waals surface area contributed by atoms with E-state index in [9.17, 15) is 42.6 Å². The molecule has 24 heteroatoms. The fourth-order valence-corrected chi connectivity index (χ4v) is 8.20. The number of aromatic hydroxyl groups is 1. The Kier molecular flexibility index (Phi) is 18.3. The Balaban J connectivity index is 0.00000112. The second kappa shape index (κ2) is 25.6. The van der Waals surface area contributed by atoms with Crippen LogP contribution in [0.5, 0.6) is 11.5 Å². The Morgan fingerprint density at radius 3 is 1.80 bits per heavy atom. The molecule has 5 aromatic rings. The molecule has 0 spiro atoms. The van der Waals surface area contributed by atoms with Crippen molar-refractivity contribution in [3.63, 3.8) is 0 Å². The molecule has 10 N–H and O–H groups in total. The van der Waals surface area contributed by atoms with Gasteiger partial charge in [0.2, 0.25) is 0 Å². The summed E-state index contributed by atoms with van der Waals surface area (Å²) in [6.45, 7) is 5.05. The smallest absolute Gasteiger partial charge is 0.490 e. The first-order valence-corrected chi connectivity index (χ1v) is 24.1. The number of para-hydroxylation sites is 1. The van der Waals surface area contributed by atoms with E-state index in [1.54, 1.807) is 61.5 Å². The molecule has 0 aromatic heterocycles. The summed E-state index contributed by atoms with van der Waals surface area (Å²) in [4.78, 5) is 75.3. The lowest BCUT2D eigenvalue weighted by Gasteiger charge is -2.14. The maximum atomic E-state index is 13.5. The van der Waals surface area contributed by atoms with Gasteiger partial charge in [0.15, 0.2) is 11.5 Å². The number of ether oxygens (including phenoxy) is 2. The maximum Gasteiger partial charge on any atom is 0.490 e. The number of rotatable bonds is 16. The molecule has 0 saturated heterocycles. The molecule has 3 aliphatic heterocycles. The zero-order valence-corrected chi connectivity index (χ0v) is 41.1. The first-order valence-electron chi connectivity index (χ1n) is 23.3. The van der Waals surface area contributed by atoms with Crippen molar-refractivity contribution in [1.29, 1.82) is 0 Å². The summed E-state index contributed by atoms with van der Waals surface area (Å²) in [5, 5.41) is 49.7. The Morgan fingerprint density at radius 2 is 1.30 bits per heavy atom. The van der Waals surface area contributed by atoms with E-state index in [1.165, 1.54) is 24.3 Å². The number of aliphatic carboxylic acids is 1. The van der Waals surface area contributed by atoms with Gasteiger partial charge in [-0.3, -0.25) is 14.8 Å². The number of carbonyl (C=O) groups excluding carboxylic acids is 4. The van der Waals surface area contributed by atoms with Crippen LogP contribution in [-0.4, -0.2) is 114 Å². The number of esters is 1. The number of carboxylic acid groups (broad SMARTS) is 1. The van der Waals surface area contributed by atoms with Crippen LogP contribution in [0.1, 0.15) is 40.4 Å². The van der Waals surface area contributed by atoms with Gasteiger partial charge in [0.25, 0.3) is 5.91 Å². The van der Waals surface area contributed by atoms with Crippen molar-refractivity contribution in [2.45, 2.75) is 19.5 Å². The van der Waals surface area contributed by atoms with E-state index in [4.69, 9.17) is 19.4 Å². The molecule has 394 valence electrons. The summed E-state index contributed by atoms with van der Waals surface area (Å²) in [6.07, 6.45) is -3.12. The Labute approximate surface area is 436 Å². The molecule has 0 radical (unpaired) electrons. The van der Waals surface area contributed by atoms with Crippen molar-refractivity contribution in [3.8, 4) is 11.5 Å². The van der Waals surface area contributed by atoms with Gasteiger partial charge in [0, 0.05) is 59.1 Å². The normalized spacial score (nSPS) is 14.8. The average molecular weight is 1060 g/mol. The van der Waals surface area contributed by atoms with Gasteiger partial charge in [-0.05, 0) is 116 Å². The molecule has 5 aromatic carbocycles. The SMILES string of the molecule is CCOC(=O)C1=C(O)/C(=C/c2ccc(OCCCNC(=O)c3cc(NC(=O)Nc4ccc(C5=NCCN5)cc4)cc(NC(=O)Nc4ccc(C5=NCCN5)cc4)c3)c(O)c2)SC1=Nc1ccccc1.O=C(O)C(F)(F)F. The number of carboxylic acids is 1. The highest BCUT2D eigenvalue weighted by atomic mass is 32.2. The lowest BCUT2D eigenvalue weighted by Crippen LogP contribution is -2.26. The molecule has 0 aliphatic carbocycles. The van der Waals surface area contributed by atoms with Gasteiger partial charge >= 0.3 is 30.2 Å². The van der Waals surface area contributed by atoms with Crippen molar-refractivity contribution < 1.29 is 61.9 Å². The number of phenols is 1. The average Bonchev–Trinajstić information content (AvgIpc) is 4.19. The number of phenolic OH excluding ortho intramolecular Hbond substituents is 1. The van der Waals surface area contributed by atoms with E-state index in [0.29, 0.717) is 47.0 Å². The van der Waals surface area contributed by atoms with Crippen LogP contribution in [0.25, 0.3) is 6.08 Å². The monoisotopic (exact) mass is 1060 g/mol. The van der Waals surface area contributed by atoms with Gasteiger partial charge in [-0.1, -0.05) is 36.0 Å². The molecule has 8 rings (SSSR count). The van der Waals surface area contributed by atoms with Crippen molar-refractivity contribution >= 4 is 92.9 Å². The summed E-state index contributed by atoms with van der Waals surface area (Å²) >= 11 is 1.10. The molecule has 0 unspecified atom stereocenters. The zero-order valence-electron chi connectivity index (χ0n) is 40.3. The summed E-state index contributed by atoms with van der Waals surface area (Å²) in [5.74, 6) is -2.60. The number of nitrogens with one attached hydrogen (secondary N) is 7. The van der Waals surface area contributed by atoms with Crippen LogP contribution in [0.15, 0.2) is 146 Å². The second-order valence-corrected chi connectivity index (χ2v) is 17.3. The van der Waals surface area contributed by atoms with Crippen molar-refractivity contribution in [1.82, 2.24) is 16.0 Å². The number of aliphatic imine (C=N–C) groups is 3. The quantitative estimate of drug-likeness (QED) is 0.0329. The molecular formula is C52H49F3N10O10S. The minimum Gasteiger partial charge on any atom is -0.506 e. The minimum absolute atomic E-state index is 0.0440. The number of halogens is 3. The Hall–Kier alpha value is -9.32. The number of anilines is 4. The van der Waals surface area contributed by atoms with Crippen LogP contribution < -0.4 is 42.0 Å². The summed E-state index contributed by atoms with van der Waals surface area (Å²) in [7, 11) is 0. The molecule has 0 saturated carbocycles. The van der Waals surface area contributed by atoms with Crippen LogP contribution in [0.2, 0.25) is 0 Å². The summed E-state index contributed by atoms with van der Waals surface area (Å²) < 4.78 is 42.7. The summed E-state index contributed by atoms with van der Waals surface area (Å²) in [5.41, 5.74) is 4.56. The molecule has 0 atom stereocenters. The number of thioether (sulfide) groups is 1. The highest BCUT2D eigenvalue weighted by molar-refractivity contribution is 8.18. The minimum atomic E-state index is -5.08. The van der Waals surface area contributed by atoms with Crippen LogP contribution in [0.3, 0.4) is 0 Å². The molecule has 5 amide bonds. The van der Waals surface area contributed by atoms with Gasteiger partial charge in [0.1, 0.15) is 28.0 Å². The third kappa shape index (κ3) is 15.4. The van der Waals surface area contributed by atoms with E-state index in [1.807, 2.05) is 42.5 Å². The number of amidine groups is 2. The molecule has 20 nitrogen and oxygen atoms in total. The van der Waals surface area contributed by atoms with E-state index < -0.39 is 36.1 Å². The topological polar surface area (TPSA) is 286 Å². The Bertz CT molecular complexity index is 3030. The predicted octanol–water partition coefficient (Wildman–Crippen LogP) is 8.41. The molecule has 3 aliphatic rings. The van der Waals surface area contributed by atoms with Crippen molar-refractivity contribution in [2.24, 2.45) is 15.0 Å². The number of aliphatic hydroxyl groups is 1. The third-order valence-corrected chi connectivity index (χ3v) is 11.7.